The minimum Gasteiger partial charge on any atom is -0.394 e. The molecular formula is C15H23N2O17P2. The van der Waals surface area contributed by atoms with Crippen molar-refractivity contribution >= 4 is 15.6 Å². The molecule has 21 heteroatoms. The first-order valence-corrected chi connectivity index (χ1v) is 12.9. The van der Waals surface area contributed by atoms with Gasteiger partial charge in [0, 0.05) is 12.3 Å². The van der Waals surface area contributed by atoms with Crippen LogP contribution in [0.5, 0.6) is 5.88 Å². The standard InChI is InChI=1S/C15H23N2O17P2/c18-3-5-8(20)10(22)12(24)14(32-5)33-36(28,29)34-35(26,27)30-4-6-9(21)11(23)13(31-6)17-2-1-7(19)16-15(17)25/h1-2,5-6,8-14,18,20-24H,3-4H2,(H,26,27)(H,28,29). The molecule has 8 N–H and O–H groups in total. The molecule has 2 aliphatic rings. The van der Waals surface area contributed by atoms with E-state index in [9.17, 15) is 54.4 Å². The van der Waals surface area contributed by atoms with Gasteiger partial charge in [-0.2, -0.15) is 9.29 Å². The van der Waals surface area contributed by atoms with Crippen LogP contribution in [0.2, 0.25) is 0 Å². The molecule has 2 aliphatic heterocycles. The van der Waals surface area contributed by atoms with E-state index in [0.717, 1.165) is 12.3 Å². The Hall–Kier alpha value is -1.38. The number of phosphoric ester groups is 2. The third-order valence-corrected chi connectivity index (χ3v) is 7.71. The number of hydrogen-bond donors (Lipinski definition) is 8. The normalized spacial score (nSPS) is 38.4. The summed E-state index contributed by atoms with van der Waals surface area (Å²) < 4.78 is 48.0. The molecule has 205 valence electrons. The van der Waals surface area contributed by atoms with Crippen LogP contribution in [-0.2, 0) is 37.1 Å². The van der Waals surface area contributed by atoms with Gasteiger partial charge in [0.05, 0.1) is 13.2 Å². The van der Waals surface area contributed by atoms with Crippen molar-refractivity contribution in [2.45, 2.75) is 55.2 Å². The Morgan fingerprint density at radius 2 is 1.58 bits per heavy atom. The summed E-state index contributed by atoms with van der Waals surface area (Å²) in [7, 11) is -11.1. The van der Waals surface area contributed by atoms with Crippen LogP contribution in [0.4, 0.5) is 0 Å². The van der Waals surface area contributed by atoms with Crippen molar-refractivity contribution in [3.8, 4) is 5.88 Å². The van der Waals surface area contributed by atoms with Gasteiger partial charge >= 0.3 is 21.3 Å². The van der Waals surface area contributed by atoms with Crippen LogP contribution < -0.4 is 5.69 Å². The van der Waals surface area contributed by atoms with Gasteiger partial charge in [-0.3, -0.25) is 18.7 Å². The quantitative estimate of drug-likeness (QED) is 0.133. The van der Waals surface area contributed by atoms with Gasteiger partial charge in [-0.25, -0.2) is 13.9 Å². The van der Waals surface area contributed by atoms with Crippen molar-refractivity contribution in [2.24, 2.45) is 0 Å². The monoisotopic (exact) mass is 565 g/mol. The van der Waals surface area contributed by atoms with E-state index in [-0.39, 0.29) is 0 Å². The number of phosphoric acid groups is 2. The van der Waals surface area contributed by atoms with Crippen LogP contribution in [0.25, 0.3) is 0 Å². The summed E-state index contributed by atoms with van der Waals surface area (Å²) >= 11 is 0. The third-order valence-electron chi connectivity index (χ3n) is 5.11. The van der Waals surface area contributed by atoms with Crippen LogP contribution in [0, 0.1) is 0 Å². The van der Waals surface area contributed by atoms with Crippen molar-refractivity contribution in [1.82, 2.24) is 9.55 Å². The van der Waals surface area contributed by atoms with E-state index in [4.69, 9.17) is 14.6 Å². The van der Waals surface area contributed by atoms with E-state index >= 15 is 0 Å². The highest BCUT2D eigenvalue weighted by Crippen LogP contribution is 2.61. The Labute approximate surface area is 200 Å². The van der Waals surface area contributed by atoms with Gasteiger partial charge in [0.2, 0.25) is 0 Å². The summed E-state index contributed by atoms with van der Waals surface area (Å²) in [6.45, 7) is -1.94. The second kappa shape index (κ2) is 11.2. The Morgan fingerprint density at radius 1 is 0.944 bits per heavy atom. The lowest BCUT2D eigenvalue weighted by Gasteiger charge is -2.39. The molecule has 2 fully saturated rings. The molecular weight excluding hydrogens is 542 g/mol. The van der Waals surface area contributed by atoms with Gasteiger partial charge < -0.3 is 49.9 Å². The largest absolute Gasteiger partial charge is 0.483 e. The van der Waals surface area contributed by atoms with Gasteiger partial charge in [-0.15, -0.1) is 0 Å². The van der Waals surface area contributed by atoms with Gasteiger partial charge in [-0.1, -0.05) is 0 Å². The van der Waals surface area contributed by atoms with Crippen LogP contribution >= 0.6 is 15.6 Å². The Kier molecular flexibility index (Phi) is 9.05. The molecule has 36 heavy (non-hydrogen) atoms. The number of hydrogen-bond acceptors (Lipinski definition) is 15. The first-order chi connectivity index (χ1) is 16.7. The van der Waals surface area contributed by atoms with Crippen LogP contribution in [0.15, 0.2) is 17.1 Å². The average molecular weight is 565 g/mol. The lowest BCUT2D eigenvalue weighted by Crippen LogP contribution is -2.58. The molecule has 1 aromatic heterocycles. The van der Waals surface area contributed by atoms with Crippen LogP contribution in [0.3, 0.4) is 0 Å². The van der Waals surface area contributed by atoms with Crippen molar-refractivity contribution in [2.75, 3.05) is 13.2 Å². The zero-order valence-electron chi connectivity index (χ0n) is 17.8. The number of aliphatic hydroxyl groups is 6. The topological polar surface area (TPSA) is 297 Å². The van der Waals surface area contributed by atoms with Gasteiger partial charge in [0.1, 0.15) is 42.7 Å². The molecule has 1 aromatic rings. The average Bonchev–Trinajstić information content (AvgIpc) is 3.06. The van der Waals surface area contributed by atoms with E-state index in [0.29, 0.717) is 4.57 Å². The summed E-state index contributed by atoms with van der Waals surface area (Å²) in [5.41, 5.74) is -1.12. The van der Waals surface area contributed by atoms with Crippen molar-refractivity contribution in [1.29, 1.82) is 0 Å². The highest BCUT2D eigenvalue weighted by atomic mass is 31.3. The van der Waals surface area contributed by atoms with Crippen LogP contribution in [0.1, 0.15) is 6.23 Å². The molecule has 0 aliphatic carbocycles. The van der Waals surface area contributed by atoms with Crippen molar-refractivity contribution in [3.63, 3.8) is 0 Å². The molecule has 11 atom stereocenters. The van der Waals surface area contributed by atoms with E-state index in [1.165, 1.54) is 0 Å². The molecule has 3 rings (SSSR count). The SMILES string of the molecule is [O]c1ccn(C2OC(COP(=O)(O)OP(=O)(O)OC3OC(CO)C(O)C(O)C3O)C(O)C2O)c(=O)n1. The molecule has 1 radical (unpaired) electrons. The van der Waals surface area contributed by atoms with Gasteiger partial charge in [-0.05, 0) is 0 Å². The highest BCUT2D eigenvalue weighted by molar-refractivity contribution is 7.61. The predicted octanol–water partition coefficient (Wildman–Crippen LogP) is -3.94. The molecule has 0 saturated carbocycles. The second-order valence-electron chi connectivity index (χ2n) is 7.62. The lowest BCUT2D eigenvalue weighted by atomic mass is 10.00. The molecule has 2 saturated heterocycles. The maximum Gasteiger partial charge on any atom is 0.483 e. The van der Waals surface area contributed by atoms with E-state index in [2.05, 4.69) is 18.3 Å². The van der Waals surface area contributed by atoms with E-state index in [1.54, 1.807) is 0 Å². The predicted molar refractivity (Wildman–Crippen MR) is 106 cm³/mol. The smallest absolute Gasteiger partial charge is 0.394 e. The summed E-state index contributed by atoms with van der Waals surface area (Å²) in [6, 6.07) is 0.873. The fourth-order valence-corrected chi connectivity index (χ4v) is 5.47. The van der Waals surface area contributed by atoms with Gasteiger partial charge in [0.15, 0.2) is 12.5 Å². The summed E-state index contributed by atoms with van der Waals surface area (Å²) in [5, 5.41) is 69.7. The zero-order valence-corrected chi connectivity index (χ0v) is 19.6. The Balaban J connectivity index is 1.61. The molecule has 19 nitrogen and oxygen atoms in total. The van der Waals surface area contributed by atoms with Gasteiger partial charge in [0.25, 0.3) is 5.88 Å². The van der Waals surface area contributed by atoms with Crippen LogP contribution in [-0.4, -0.2) is 112 Å². The molecule has 0 spiro atoms. The number of aliphatic hydroxyl groups excluding tert-OH is 6. The second-order valence-corrected chi connectivity index (χ2v) is 10.6. The Morgan fingerprint density at radius 3 is 2.19 bits per heavy atom. The maximum absolute atomic E-state index is 12.2. The van der Waals surface area contributed by atoms with E-state index < -0.39 is 95.7 Å². The number of rotatable bonds is 9. The molecule has 0 aromatic carbocycles. The minimum atomic E-state index is -5.60. The molecule has 11 unspecified atom stereocenters. The third kappa shape index (κ3) is 6.54. The fourth-order valence-electron chi connectivity index (χ4n) is 3.31. The summed E-state index contributed by atoms with van der Waals surface area (Å²) in [5.74, 6) is -0.873. The number of aromatic nitrogens is 2. The molecule has 3 heterocycles. The highest BCUT2D eigenvalue weighted by Gasteiger charge is 2.49. The maximum atomic E-state index is 12.2. The summed E-state index contributed by atoms with van der Waals surface area (Å²) in [6.07, 6.45) is -15.5. The lowest BCUT2D eigenvalue weighted by molar-refractivity contribution is -0.280. The zero-order chi connectivity index (χ0) is 27.0. The first-order valence-electron chi connectivity index (χ1n) is 9.94. The van der Waals surface area contributed by atoms with Crippen molar-refractivity contribution in [3.05, 3.63) is 22.7 Å². The summed E-state index contributed by atoms with van der Waals surface area (Å²) in [4.78, 5) is 34.5. The number of nitrogens with zero attached hydrogens (tertiary/aromatic N) is 2. The molecule has 0 bridgehead atoms. The number of ether oxygens (including phenoxy) is 2. The Bertz CT molecular complexity index is 1070. The first kappa shape index (κ1) is 29.2. The molecule has 0 amide bonds. The van der Waals surface area contributed by atoms with E-state index in [1.807, 2.05) is 0 Å². The fraction of sp³-hybridized carbons (Fsp3) is 0.733. The van der Waals surface area contributed by atoms with Crippen molar-refractivity contribution < 1.29 is 77.5 Å². The minimum absolute atomic E-state index is 0.667.